The lowest BCUT2D eigenvalue weighted by Gasteiger charge is -2.39. The largest absolute Gasteiger partial charge is 0.470 e. The van der Waals surface area contributed by atoms with Crippen LogP contribution < -0.4 is 9.46 Å². The molecule has 4 rings (SSSR count). The Labute approximate surface area is 210 Å². The van der Waals surface area contributed by atoms with Gasteiger partial charge in [0.05, 0.1) is 25.0 Å². The van der Waals surface area contributed by atoms with Gasteiger partial charge in [0.2, 0.25) is 11.8 Å². The van der Waals surface area contributed by atoms with Crippen molar-refractivity contribution in [3.8, 4) is 17.1 Å². The lowest BCUT2D eigenvalue weighted by atomic mass is 10.00. The number of nitrogens with zero attached hydrogens (tertiary/aromatic N) is 5. The molecule has 3 aromatic rings. The fourth-order valence-corrected chi connectivity index (χ4v) is 4.68. The van der Waals surface area contributed by atoms with E-state index in [0.29, 0.717) is 18.8 Å². The van der Waals surface area contributed by atoms with Crippen LogP contribution in [-0.4, -0.2) is 64.0 Å². The van der Waals surface area contributed by atoms with Crippen molar-refractivity contribution in [1.29, 1.82) is 0 Å². The monoisotopic (exact) mass is 514 g/mol. The van der Waals surface area contributed by atoms with E-state index in [-0.39, 0.29) is 22.8 Å². The number of rotatable bonds is 6. The number of hydrogen-bond donors (Lipinski definition) is 1. The van der Waals surface area contributed by atoms with Gasteiger partial charge in [0.15, 0.2) is 0 Å². The standard InChI is InChI=1S/C24H30N6O5S/c1-15-8-7-9-16(2)21(15)19-10-20(34-17-12-30(13-17)23(31)35-24(3,4)5)27-22(26-19)28-36(32,33)18-11-25-29(6)14-18/h7-11,14,17H,12-13H2,1-6H3,(H,26,27,28). The second-order valence-electron chi connectivity index (χ2n) is 9.76. The maximum Gasteiger partial charge on any atom is 0.410 e. The highest BCUT2D eigenvalue weighted by Gasteiger charge is 2.35. The van der Waals surface area contributed by atoms with E-state index in [4.69, 9.17) is 9.47 Å². The molecule has 1 fully saturated rings. The molecule has 0 radical (unpaired) electrons. The predicted octanol–water partition coefficient (Wildman–Crippen LogP) is 3.29. The highest BCUT2D eigenvalue weighted by Crippen LogP contribution is 2.30. The average molecular weight is 515 g/mol. The summed E-state index contributed by atoms with van der Waals surface area (Å²) in [5.74, 6) is 0.0673. The smallest absolute Gasteiger partial charge is 0.410 e. The van der Waals surface area contributed by atoms with Crippen LogP contribution in [0.2, 0.25) is 0 Å². The quantitative estimate of drug-likeness (QED) is 0.531. The van der Waals surface area contributed by atoms with Crippen LogP contribution in [-0.2, 0) is 21.8 Å². The lowest BCUT2D eigenvalue weighted by molar-refractivity contribution is -0.0232. The van der Waals surface area contributed by atoms with Crippen LogP contribution in [0, 0.1) is 13.8 Å². The summed E-state index contributed by atoms with van der Waals surface area (Å²) >= 11 is 0. The van der Waals surface area contributed by atoms with E-state index >= 15 is 0 Å². The van der Waals surface area contributed by atoms with Gasteiger partial charge < -0.3 is 14.4 Å². The molecule has 12 heteroatoms. The molecule has 1 amide bonds. The Balaban J connectivity index is 1.60. The molecule has 1 N–H and O–H groups in total. The van der Waals surface area contributed by atoms with Crippen molar-refractivity contribution in [3.05, 3.63) is 47.8 Å². The number of aryl methyl sites for hydroxylation is 3. The van der Waals surface area contributed by atoms with Gasteiger partial charge in [-0.3, -0.25) is 4.68 Å². The van der Waals surface area contributed by atoms with E-state index in [1.807, 2.05) is 52.8 Å². The maximum absolute atomic E-state index is 12.9. The highest BCUT2D eigenvalue weighted by molar-refractivity contribution is 7.92. The van der Waals surface area contributed by atoms with Crippen LogP contribution in [0.5, 0.6) is 5.88 Å². The number of benzene rings is 1. The van der Waals surface area contributed by atoms with E-state index in [1.165, 1.54) is 22.0 Å². The molecule has 2 aromatic heterocycles. The second kappa shape index (κ2) is 9.41. The number of ether oxygens (including phenoxy) is 2. The minimum absolute atomic E-state index is 0.0134. The summed E-state index contributed by atoms with van der Waals surface area (Å²) in [5, 5.41) is 3.92. The van der Waals surface area contributed by atoms with E-state index in [9.17, 15) is 13.2 Å². The zero-order valence-electron chi connectivity index (χ0n) is 21.1. The summed E-state index contributed by atoms with van der Waals surface area (Å²) in [6, 6.07) is 7.52. The maximum atomic E-state index is 12.9. The van der Waals surface area contributed by atoms with Gasteiger partial charge in [-0.2, -0.15) is 10.1 Å². The number of hydrogen-bond acceptors (Lipinski definition) is 8. The summed E-state index contributed by atoms with van der Waals surface area (Å²) in [7, 11) is -2.34. The van der Waals surface area contributed by atoms with Gasteiger partial charge in [0, 0.05) is 24.9 Å². The summed E-state index contributed by atoms with van der Waals surface area (Å²) < 4.78 is 41.0. The minimum Gasteiger partial charge on any atom is -0.470 e. The van der Waals surface area contributed by atoms with E-state index in [2.05, 4.69) is 19.8 Å². The molecular formula is C24H30N6O5S. The first-order chi connectivity index (χ1) is 16.8. The Kier molecular flexibility index (Phi) is 6.65. The molecule has 192 valence electrons. The molecule has 0 atom stereocenters. The Hall–Kier alpha value is -3.67. The summed E-state index contributed by atoms with van der Waals surface area (Å²) in [6.07, 6.45) is 1.90. The summed E-state index contributed by atoms with van der Waals surface area (Å²) in [4.78, 5) is 22.5. The first-order valence-corrected chi connectivity index (χ1v) is 12.9. The fraction of sp³-hybridized carbons (Fsp3) is 0.417. The number of carbonyl (C=O) groups excluding carboxylic acids is 1. The Bertz CT molecular complexity index is 1370. The molecule has 3 heterocycles. The first kappa shape index (κ1) is 25.4. The molecule has 0 spiro atoms. The van der Waals surface area contributed by atoms with E-state index in [0.717, 1.165) is 16.7 Å². The third kappa shape index (κ3) is 5.76. The van der Waals surface area contributed by atoms with Crippen LogP contribution in [0.25, 0.3) is 11.3 Å². The number of likely N-dealkylation sites (tertiary alicyclic amines) is 1. The third-order valence-electron chi connectivity index (χ3n) is 5.44. The van der Waals surface area contributed by atoms with Crippen molar-refractivity contribution < 1.29 is 22.7 Å². The average Bonchev–Trinajstić information content (AvgIpc) is 3.16. The van der Waals surface area contributed by atoms with Gasteiger partial charge in [-0.05, 0) is 45.7 Å². The molecule has 1 aliphatic rings. The van der Waals surface area contributed by atoms with Crippen molar-refractivity contribution in [2.24, 2.45) is 7.05 Å². The van der Waals surface area contributed by atoms with Crippen LogP contribution in [0.3, 0.4) is 0 Å². The molecule has 1 aromatic carbocycles. The van der Waals surface area contributed by atoms with Crippen LogP contribution >= 0.6 is 0 Å². The topological polar surface area (TPSA) is 129 Å². The molecule has 36 heavy (non-hydrogen) atoms. The van der Waals surface area contributed by atoms with Gasteiger partial charge in [-0.25, -0.2) is 22.9 Å². The molecule has 0 saturated carbocycles. The number of anilines is 1. The summed E-state index contributed by atoms with van der Waals surface area (Å²) in [6.45, 7) is 9.99. The van der Waals surface area contributed by atoms with E-state index in [1.54, 1.807) is 13.1 Å². The Morgan fingerprint density at radius 1 is 1.14 bits per heavy atom. The Morgan fingerprint density at radius 3 is 2.39 bits per heavy atom. The SMILES string of the molecule is Cc1cccc(C)c1-c1cc(OC2CN(C(=O)OC(C)(C)C)C2)nc(NS(=O)(=O)c2cnn(C)c2)n1. The lowest BCUT2D eigenvalue weighted by Crippen LogP contribution is -2.57. The first-order valence-electron chi connectivity index (χ1n) is 11.4. The number of nitrogens with one attached hydrogen (secondary N) is 1. The number of carbonyl (C=O) groups is 1. The number of amides is 1. The van der Waals surface area contributed by atoms with Crippen LogP contribution in [0.1, 0.15) is 31.9 Å². The van der Waals surface area contributed by atoms with E-state index < -0.39 is 21.7 Å². The number of sulfonamides is 1. The zero-order valence-corrected chi connectivity index (χ0v) is 22.0. The highest BCUT2D eigenvalue weighted by atomic mass is 32.2. The normalized spacial score (nSPS) is 14.3. The molecule has 1 saturated heterocycles. The predicted molar refractivity (Wildman–Crippen MR) is 133 cm³/mol. The minimum atomic E-state index is -3.97. The third-order valence-corrected chi connectivity index (χ3v) is 6.73. The van der Waals surface area contributed by atoms with Crippen molar-refractivity contribution in [2.45, 2.75) is 51.2 Å². The summed E-state index contributed by atoms with van der Waals surface area (Å²) in [5.41, 5.74) is 2.73. The van der Waals surface area contributed by atoms with Gasteiger partial charge in [-0.1, -0.05) is 18.2 Å². The molecule has 0 bridgehead atoms. The zero-order chi connectivity index (χ0) is 26.3. The Morgan fingerprint density at radius 2 is 1.81 bits per heavy atom. The van der Waals surface area contributed by atoms with Crippen molar-refractivity contribution in [3.63, 3.8) is 0 Å². The van der Waals surface area contributed by atoms with Crippen molar-refractivity contribution in [2.75, 3.05) is 17.8 Å². The van der Waals surface area contributed by atoms with Gasteiger partial charge in [0.25, 0.3) is 10.0 Å². The second-order valence-corrected chi connectivity index (χ2v) is 11.4. The van der Waals surface area contributed by atoms with Gasteiger partial charge in [0.1, 0.15) is 16.6 Å². The van der Waals surface area contributed by atoms with Gasteiger partial charge >= 0.3 is 6.09 Å². The molecule has 0 unspecified atom stereocenters. The van der Waals surface area contributed by atoms with Gasteiger partial charge in [-0.15, -0.1) is 0 Å². The molecule has 0 aliphatic carbocycles. The fourth-order valence-electron chi connectivity index (χ4n) is 3.75. The molecule has 11 nitrogen and oxygen atoms in total. The molecule has 1 aliphatic heterocycles. The number of aromatic nitrogens is 4. The van der Waals surface area contributed by atoms with Crippen LogP contribution in [0.4, 0.5) is 10.7 Å². The molecular weight excluding hydrogens is 484 g/mol. The van der Waals surface area contributed by atoms with Crippen molar-refractivity contribution in [1.82, 2.24) is 24.6 Å². The van der Waals surface area contributed by atoms with Crippen LogP contribution in [0.15, 0.2) is 41.6 Å². The van der Waals surface area contributed by atoms with Crippen molar-refractivity contribution >= 4 is 22.1 Å².